The highest BCUT2D eigenvalue weighted by Gasteiger charge is 2.12. The molecule has 0 fully saturated rings. The minimum atomic E-state index is -1.14. The predicted octanol–water partition coefficient (Wildman–Crippen LogP) is 1.45. The van der Waals surface area contributed by atoms with E-state index in [-0.39, 0.29) is 0 Å². The molecule has 0 bridgehead atoms. The Labute approximate surface area is 67.6 Å². The molecule has 2 rings (SSSR count). The maximum Gasteiger partial charge on any atom is 0.173 e. The Kier molecular flexibility index (Phi) is 1.39. The van der Waals surface area contributed by atoms with Crippen molar-refractivity contribution in [1.82, 2.24) is 0 Å². The van der Waals surface area contributed by atoms with Crippen LogP contribution in [0.15, 0.2) is 27.5 Å². The summed E-state index contributed by atoms with van der Waals surface area (Å²) in [6.07, 6.45) is 1.66. The summed E-state index contributed by atoms with van der Waals surface area (Å²) in [4.78, 5) is 0.838. The molecule has 3 heteroatoms. The smallest absolute Gasteiger partial charge is 0.173 e. The first-order chi connectivity index (χ1) is 5.27. The molecule has 56 valence electrons. The molecule has 0 aliphatic carbocycles. The third kappa shape index (κ3) is 1.01. The highest BCUT2D eigenvalue weighted by atomic mass is 32.2. The zero-order valence-electron chi connectivity index (χ0n) is 6.07. The number of nitrogens with zero attached hydrogens (tertiary/aromatic N) is 1. The summed E-state index contributed by atoms with van der Waals surface area (Å²) < 4.78 is 14.9. The van der Waals surface area contributed by atoms with Gasteiger partial charge in [0.1, 0.15) is 0 Å². The topological polar surface area (TPSA) is 29.4 Å². The molecule has 1 aromatic rings. The molecule has 0 saturated heterocycles. The standard InChI is InChI=1S/C8H7NOS/c1-6-2-3-7-5-9-11(10)8(7)4-6/h2-5H,1H3. The van der Waals surface area contributed by atoms with Gasteiger partial charge in [-0.05, 0) is 18.6 Å². The monoisotopic (exact) mass is 165 g/mol. The Hall–Kier alpha value is -0.960. The van der Waals surface area contributed by atoms with Crippen molar-refractivity contribution in [1.29, 1.82) is 0 Å². The van der Waals surface area contributed by atoms with E-state index in [4.69, 9.17) is 0 Å². The van der Waals surface area contributed by atoms with Crippen LogP contribution < -0.4 is 0 Å². The second-order valence-electron chi connectivity index (χ2n) is 2.52. The summed E-state index contributed by atoms with van der Waals surface area (Å²) >= 11 is 0. The Bertz CT molecular complexity index is 357. The molecule has 0 radical (unpaired) electrons. The van der Waals surface area contributed by atoms with Crippen LogP contribution in [0.4, 0.5) is 0 Å². The van der Waals surface area contributed by atoms with Gasteiger partial charge in [-0.1, -0.05) is 12.1 Å². The van der Waals surface area contributed by atoms with E-state index in [0.29, 0.717) is 0 Å². The van der Waals surface area contributed by atoms with Gasteiger partial charge in [0.05, 0.1) is 4.90 Å². The molecule has 0 spiro atoms. The van der Waals surface area contributed by atoms with E-state index in [9.17, 15) is 4.21 Å². The van der Waals surface area contributed by atoms with Crippen molar-refractivity contribution in [3.63, 3.8) is 0 Å². The van der Waals surface area contributed by atoms with E-state index in [1.807, 2.05) is 25.1 Å². The minimum Gasteiger partial charge on any atom is -0.229 e. The van der Waals surface area contributed by atoms with E-state index in [0.717, 1.165) is 16.0 Å². The zero-order valence-corrected chi connectivity index (χ0v) is 6.89. The van der Waals surface area contributed by atoms with Gasteiger partial charge in [-0.2, -0.15) is 4.40 Å². The van der Waals surface area contributed by atoms with Crippen LogP contribution in [0.2, 0.25) is 0 Å². The lowest BCUT2D eigenvalue weighted by Crippen LogP contribution is -1.85. The normalized spacial score (nSPS) is 20.3. The summed E-state index contributed by atoms with van der Waals surface area (Å²) in [6.45, 7) is 1.98. The molecule has 1 aliphatic heterocycles. The molecule has 1 heterocycles. The van der Waals surface area contributed by atoms with Crippen molar-refractivity contribution in [2.75, 3.05) is 0 Å². The largest absolute Gasteiger partial charge is 0.229 e. The minimum absolute atomic E-state index is 0.838. The molecular weight excluding hydrogens is 158 g/mol. The Balaban J connectivity index is 2.67. The van der Waals surface area contributed by atoms with Gasteiger partial charge in [0, 0.05) is 11.8 Å². The van der Waals surface area contributed by atoms with Crippen LogP contribution in [0.1, 0.15) is 11.1 Å². The average Bonchev–Trinajstić information content (AvgIpc) is 2.33. The van der Waals surface area contributed by atoms with Gasteiger partial charge < -0.3 is 0 Å². The Morgan fingerprint density at radius 1 is 1.45 bits per heavy atom. The van der Waals surface area contributed by atoms with Gasteiger partial charge in [0.25, 0.3) is 0 Å². The summed E-state index contributed by atoms with van der Waals surface area (Å²) in [5.41, 5.74) is 2.11. The first-order valence-corrected chi connectivity index (χ1v) is 4.45. The maximum absolute atomic E-state index is 11.1. The Morgan fingerprint density at radius 3 is 3.09 bits per heavy atom. The molecular formula is C8H7NOS. The number of fused-ring (bicyclic) bond motifs is 1. The molecule has 0 N–H and O–H groups in total. The van der Waals surface area contributed by atoms with Crippen LogP contribution >= 0.6 is 0 Å². The van der Waals surface area contributed by atoms with E-state index in [2.05, 4.69) is 4.40 Å². The van der Waals surface area contributed by atoms with Gasteiger partial charge in [-0.3, -0.25) is 0 Å². The van der Waals surface area contributed by atoms with Crippen LogP contribution in [0.25, 0.3) is 0 Å². The molecule has 1 aromatic carbocycles. The highest BCUT2D eigenvalue weighted by molar-refractivity contribution is 7.84. The average molecular weight is 165 g/mol. The van der Waals surface area contributed by atoms with Crippen molar-refractivity contribution in [2.45, 2.75) is 11.8 Å². The highest BCUT2D eigenvalue weighted by Crippen LogP contribution is 2.19. The van der Waals surface area contributed by atoms with Crippen molar-refractivity contribution in [2.24, 2.45) is 4.40 Å². The molecule has 1 atom stereocenters. The SMILES string of the molecule is Cc1ccc2c(c1)S(=O)N=C2. The molecule has 11 heavy (non-hydrogen) atoms. The fraction of sp³-hybridized carbons (Fsp3) is 0.125. The molecule has 0 aromatic heterocycles. The molecule has 1 aliphatic rings. The number of aryl methyl sites for hydroxylation is 1. The molecule has 0 saturated carbocycles. The summed E-state index contributed by atoms with van der Waals surface area (Å²) in [5, 5.41) is 0. The molecule has 1 unspecified atom stereocenters. The predicted molar refractivity (Wildman–Crippen MR) is 45.2 cm³/mol. The van der Waals surface area contributed by atoms with Gasteiger partial charge in [0.2, 0.25) is 0 Å². The van der Waals surface area contributed by atoms with E-state index >= 15 is 0 Å². The third-order valence-corrected chi connectivity index (χ3v) is 2.67. The van der Waals surface area contributed by atoms with E-state index in [1.165, 1.54) is 0 Å². The fourth-order valence-electron chi connectivity index (χ4n) is 1.06. The fourth-order valence-corrected chi connectivity index (χ4v) is 1.99. The van der Waals surface area contributed by atoms with Gasteiger partial charge >= 0.3 is 0 Å². The van der Waals surface area contributed by atoms with Gasteiger partial charge in [-0.25, -0.2) is 4.21 Å². The number of rotatable bonds is 0. The van der Waals surface area contributed by atoms with Crippen LogP contribution in [-0.4, -0.2) is 10.4 Å². The first kappa shape index (κ1) is 6.73. The van der Waals surface area contributed by atoms with E-state index in [1.54, 1.807) is 6.21 Å². The van der Waals surface area contributed by atoms with Gasteiger partial charge in [0.15, 0.2) is 11.0 Å². The van der Waals surface area contributed by atoms with Gasteiger partial charge in [-0.15, -0.1) is 0 Å². The van der Waals surface area contributed by atoms with Crippen molar-refractivity contribution in [3.8, 4) is 0 Å². The lowest BCUT2D eigenvalue weighted by Gasteiger charge is -1.95. The lowest BCUT2D eigenvalue weighted by atomic mass is 10.2. The van der Waals surface area contributed by atoms with E-state index < -0.39 is 11.0 Å². The zero-order chi connectivity index (χ0) is 7.84. The number of hydrogen-bond acceptors (Lipinski definition) is 1. The first-order valence-electron chi connectivity index (χ1n) is 3.34. The molecule has 2 nitrogen and oxygen atoms in total. The second-order valence-corrected chi connectivity index (χ2v) is 3.67. The quantitative estimate of drug-likeness (QED) is 0.572. The van der Waals surface area contributed by atoms with Crippen LogP contribution in [0.3, 0.4) is 0 Å². The second kappa shape index (κ2) is 2.27. The van der Waals surface area contributed by atoms with Crippen molar-refractivity contribution >= 4 is 17.2 Å². The third-order valence-electron chi connectivity index (χ3n) is 1.64. The maximum atomic E-state index is 11.1. The number of hydrogen-bond donors (Lipinski definition) is 0. The van der Waals surface area contributed by atoms with Crippen molar-refractivity contribution < 1.29 is 4.21 Å². The molecule has 0 amide bonds. The Morgan fingerprint density at radius 2 is 2.27 bits per heavy atom. The van der Waals surface area contributed by atoms with Crippen LogP contribution in [-0.2, 0) is 11.0 Å². The van der Waals surface area contributed by atoms with Crippen LogP contribution in [0.5, 0.6) is 0 Å². The summed E-state index contributed by atoms with van der Waals surface area (Å²) in [5.74, 6) is 0. The van der Waals surface area contributed by atoms with Crippen molar-refractivity contribution in [3.05, 3.63) is 29.3 Å². The summed E-state index contributed by atoms with van der Waals surface area (Å²) in [6, 6.07) is 5.85. The number of benzene rings is 1. The lowest BCUT2D eigenvalue weighted by molar-refractivity contribution is 0.685. The summed E-state index contributed by atoms with van der Waals surface area (Å²) in [7, 11) is -1.14. The van der Waals surface area contributed by atoms with Crippen LogP contribution in [0, 0.1) is 6.92 Å².